The van der Waals surface area contributed by atoms with Crippen LogP contribution in [-0.4, -0.2) is 6.61 Å². The average Bonchev–Trinajstić information content (AvgIpc) is 2.73. The van der Waals surface area contributed by atoms with Crippen LogP contribution in [0.1, 0.15) is 25.0 Å². The van der Waals surface area contributed by atoms with E-state index in [1.165, 1.54) is 42.5 Å². The van der Waals surface area contributed by atoms with Gasteiger partial charge in [-0.25, -0.2) is 13.2 Å². The molecule has 0 atom stereocenters. The molecule has 0 saturated heterocycles. The largest absolute Gasteiger partial charge is 0.491 e. The summed E-state index contributed by atoms with van der Waals surface area (Å²) in [6.07, 6.45) is 8.70. The summed E-state index contributed by atoms with van der Waals surface area (Å²) < 4.78 is 60.9. The van der Waals surface area contributed by atoms with Crippen LogP contribution in [0, 0.1) is 11.6 Å². The van der Waals surface area contributed by atoms with Gasteiger partial charge in [-0.2, -0.15) is 4.39 Å². The maximum absolute atomic E-state index is 14.1. The average molecular weight is 416 g/mol. The fraction of sp³-hybridized carbons (Fsp3) is 0.120. The molecule has 1 nitrogen and oxygen atoms in total. The molecule has 0 aromatic heterocycles. The van der Waals surface area contributed by atoms with Gasteiger partial charge in [0.25, 0.3) is 0 Å². The van der Waals surface area contributed by atoms with Gasteiger partial charge in [0.15, 0.2) is 23.2 Å². The standard InChI is InChI=1S/C25H24F4O/c1-7-9-20-14-15-21(25(29)24(20)28)13-11-16(3)10-12-17(4)18(5)22(26)23(27)19(6)30-8-2/h7,9-15H,3-6,8H2,1-2H3/b9-7+,12-10-,13-11+,23-22-. The van der Waals surface area contributed by atoms with E-state index in [0.717, 1.165) is 0 Å². The first-order valence-corrected chi connectivity index (χ1v) is 9.05. The molecule has 0 aliphatic carbocycles. The van der Waals surface area contributed by atoms with Crippen LogP contribution in [0.5, 0.6) is 0 Å². The van der Waals surface area contributed by atoms with Crippen molar-refractivity contribution in [2.45, 2.75) is 13.8 Å². The van der Waals surface area contributed by atoms with Crippen molar-refractivity contribution in [3.63, 3.8) is 0 Å². The summed E-state index contributed by atoms with van der Waals surface area (Å²) >= 11 is 0. The van der Waals surface area contributed by atoms with Crippen LogP contribution < -0.4 is 0 Å². The second-order valence-corrected chi connectivity index (χ2v) is 6.10. The maximum Gasteiger partial charge on any atom is 0.200 e. The van der Waals surface area contributed by atoms with Crippen molar-refractivity contribution in [1.82, 2.24) is 0 Å². The Morgan fingerprint density at radius 1 is 0.900 bits per heavy atom. The van der Waals surface area contributed by atoms with Crippen LogP contribution in [0.3, 0.4) is 0 Å². The molecule has 1 aromatic carbocycles. The maximum atomic E-state index is 14.1. The van der Waals surface area contributed by atoms with E-state index >= 15 is 0 Å². The molecule has 1 rings (SSSR count). The van der Waals surface area contributed by atoms with Gasteiger partial charge in [-0.3, -0.25) is 0 Å². The van der Waals surface area contributed by atoms with Gasteiger partial charge in [-0.05, 0) is 25.0 Å². The fourth-order valence-corrected chi connectivity index (χ4v) is 2.21. The molecule has 0 spiro atoms. The molecule has 158 valence electrons. The Bertz CT molecular complexity index is 975. The molecule has 0 amide bonds. The van der Waals surface area contributed by atoms with Crippen LogP contribution in [0.4, 0.5) is 17.6 Å². The van der Waals surface area contributed by atoms with E-state index in [9.17, 15) is 17.6 Å². The van der Waals surface area contributed by atoms with Gasteiger partial charge >= 0.3 is 0 Å². The Balaban J connectivity index is 2.89. The van der Waals surface area contributed by atoms with Crippen LogP contribution in [0.15, 0.2) is 96.9 Å². The topological polar surface area (TPSA) is 9.23 Å². The smallest absolute Gasteiger partial charge is 0.200 e. The molecule has 0 heterocycles. The first kappa shape index (κ1) is 24.7. The Morgan fingerprint density at radius 2 is 1.47 bits per heavy atom. The number of allylic oxidation sites excluding steroid dienone is 9. The molecule has 1 aromatic rings. The molecule has 0 aliphatic rings. The zero-order valence-electron chi connectivity index (χ0n) is 17.1. The second-order valence-electron chi connectivity index (χ2n) is 6.10. The molecule has 0 unspecified atom stereocenters. The van der Waals surface area contributed by atoms with Crippen molar-refractivity contribution in [1.29, 1.82) is 0 Å². The van der Waals surface area contributed by atoms with Crippen LogP contribution >= 0.6 is 0 Å². The first-order valence-electron chi connectivity index (χ1n) is 9.05. The van der Waals surface area contributed by atoms with E-state index in [2.05, 4.69) is 26.3 Å². The summed E-state index contributed by atoms with van der Waals surface area (Å²) in [4.78, 5) is 0. The van der Waals surface area contributed by atoms with Crippen molar-refractivity contribution in [2.75, 3.05) is 6.61 Å². The van der Waals surface area contributed by atoms with E-state index in [1.807, 2.05) is 0 Å². The van der Waals surface area contributed by atoms with Gasteiger partial charge < -0.3 is 4.74 Å². The second kappa shape index (κ2) is 11.6. The molecule has 5 heteroatoms. The summed E-state index contributed by atoms with van der Waals surface area (Å²) in [5.41, 5.74) is 0.396. The molecular weight excluding hydrogens is 392 g/mol. The molecule has 0 saturated carbocycles. The van der Waals surface area contributed by atoms with Crippen molar-refractivity contribution in [3.05, 3.63) is 120 Å². The zero-order valence-corrected chi connectivity index (χ0v) is 17.1. The summed E-state index contributed by atoms with van der Waals surface area (Å²) in [6, 6.07) is 2.90. The SMILES string of the molecule is C=C(/C=C\C(=C)C(=C)/C(F)=C(/F)C(=C)OCC)/C=C/c1ccc(/C=C/C)c(F)c1F. The number of hydrogen-bond acceptors (Lipinski definition) is 1. The van der Waals surface area contributed by atoms with Crippen molar-refractivity contribution in [3.8, 4) is 0 Å². The van der Waals surface area contributed by atoms with Crippen molar-refractivity contribution >= 4 is 12.2 Å². The van der Waals surface area contributed by atoms with Crippen molar-refractivity contribution < 1.29 is 22.3 Å². The third-order valence-electron chi connectivity index (χ3n) is 3.87. The van der Waals surface area contributed by atoms with Gasteiger partial charge in [-0.1, -0.05) is 74.9 Å². The predicted octanol–water partition coefficient (Wildman–Crippen LogP) is 7.94. The van der Waals surface area contributed by atoms with Crippen LogP contribution in [0.2, 0.25) is 0 Å². The Morgan fingerprint density at radius 3 is 2.00 bits per heavy atom. The number of hydrogen-bond donors (Lipinski definition) is 0. The lowest BCUT2D eigenvalue weighted by Crippen LogP contribution is -1.95. The summed E-state index contributed by atoms with van der Waals surface area (Å²) in [5, 5.41) is 0. The zero-order chi connectivity index (χ0) is 22.8. The highest BCUT2D eigenvalue weighted by Gasteiger charge is 2.15. The van der Waals surface area contributed by atoms with Gasteiger partial charge in [0.1, 0.15) is 0 Å². The minimum atomic E-state index is -1.26. The lowest BCUT2D eigenvalue weighted by molar-refractivity contribution is 0.224. The minimum Gasteiger partial charge on any atom is -0.491 e. The minimum absolute atomic E-state index is 0.0454. The number of rotatable bonds is 10. The Kier molecular flexibility index (Phi) is 9.56. The first-order chi connectivity index (χ1) is 14.1. The fourth-order valence-electron chi connectivity index (χ4n) is 2.21. The molecule has 0 N–H and O–H groups in total. The lowest BCUT2D eigenvalue weighted by Gasteiger charge is -2.08. The number of benzene rings is 1. The molecular formula is C25H24F4O. The Labute approximate surface area is 175 Å². The molecule has 0 radical (unpaired) electrons. The monoisotopic (exact) mass is 416 g/mol. The van der Waals surface area contributed by atoms with Crippen LogP contribution in [-0.2, 0) is 4.74 Å². The molecule has 0 aliphatic heterocycles. The number of ether oxygens (including phenoxy) is 1. The van der Waals surface area contributed by atoms with Gasteiger partial charge in [0.05, 0.1) is 6.61 Å². The van der Waals surface area contributed by atoms with Gasteiger partial charge in [-0.15, -0.1) is 0 Å². The highest BCUT2D eigenvalue weighted by Crippen LogP contribution is 2.27. The summed E-state index contributed by atoms with van der Waals surface area (Å²) in [7, 11) is 0. The third kappa shape index (κ3) is 6.62. The van der Waals surface area contributed by atoms with Gasteiger partial charge in [0, 0.05) is 16.7 Å². The Hall–Kier alpha value is -3.34. The van der Waals surface area contributed by atoms with Crippen LogP contribution in [0.25, 0.3) is 12.2 Å². The predicted molar refractivity (Wildman–Crippen MR) is 117 cm³/mol. The number of halogens is 4. The van der Waals surface area contributed by atoms with Gasteiger partial charge in [0.2, 0.25) is 5.83 Å². The summed E-state index contributed by atoms with van der Waals surface area (Å²) in [6.45, 7) is 17.6. The molecule has 0 bridgehead atoms. The van der Waals surface area contributed by atoms with E-state index in [1.54, 1.807) is 19.9 Å². The van der Waals surface area contributed by atoms with E-state index in [4.69, 9.17) is 4.74 Å². The van der Waals surface area contributed by atoms with E-state index in [-0.39, 0.29) is 28.9 Å². The quantitative estimate of drug-likeness (QED) is 0.214. The third-order valence-corrected chi connectivity index (χ3v) is 3.87. The lowest BCUT2D eigenvalue weighted by atomic mass is 10.1. The van der Waals surface area contributed by atoms with E-state index in [0.29, 0.717) is 5.57 Å². The summed E-state index contributed by atoms with van der Waals surface area (Å²) in [5.74, 6) is -4.85. The van der Waals surface area contributed by atoms with Crippen molar-refractivity contribution in [2.24, 2.45) is 0 Å². The normalized spacial score (nSPS) is 12.5. The molecule has 0 fully saturated rings. The van der Waals surface area contributed by atoms with E-state index < -0.39 is 29.0 Å². The highest BCUT2D eigenvalue weighted by atomic mass is 19.2. The highest BCUT2D eigenvalue weighted by molar-refractivity contribution is 5.60. The molecule has 30 heavy (non-hydrogen) atoms.